The molecule has 0 heterocycles. The molecule has 2 rings (SSSR count). The molecule has 6 heteroatoms. The van der Waals surface area contributed by atoms with Crippen LogP contribution >= 0.6 is 0 Å². The lowest BCUT2D eigenvalue weighted by Crippen LogP contribution is -2.25. The third-order valence-electron chi connectivity index (χ3n) is 3.70. The van der Waals surface area contributed by atoms with Gasteiger partial charge in [-0.05, 0) is 43.4 Å². The van der Waals surface area contributed by atoms with Crippen molar-refractivity contribution in [3.8, 4) is 11.5 Å². The van der Waals surface area contributed by atoms with Crippen LogP contribution in [0.25, 0.3) is 5.70 Å². The van der Waals surface area contributed by atoms with Crippen LogP contribution in [-0.2, 0) is 6.54 Å². The predicted molar refractivity (Wildman–Crippen MR) is 102 cm³/mol. The summed E-state index contributed by atoms with van der Waals surface area (Å²) in [5.41, 5.74) is 9.67. The Kier molecular flexibility index (Phi) is 6.27. The lowest BCUT2D eigenvalue weighted by Gasteiger charge is -2.18. The van der Waals surface area contributed by atoms with Gasteiger partial charge in [-0.2, -0.15) is 0 Å². The second-order valence-corrected chi connectivity index (χ2v) is 5.97. The van der Waals surface area contributed by atoms with E-state index in [-0.39, 0.29) is 0 Å². The topological polar surface area (TPSA) is 77.0 Å². The van der Waals surface area contributed by atoms with Crippen LogP contribution in [0.1, 0.15) is 11.1 Å². The summed E-state index contributed by atoms with van der Waals surface area (Å²) >= 11 is 0. The standard InChI is InChI=1S/C19H26N4O2/c1-22(2)12-14-6-5-7-15(10-14)17(20)13-23(21)16-8-9-18(24-3)19(11-16)25-4/h5-11,13H,12,20-21H2,1-4H3/b17-13-. The SMILES string of the molecule is COc1ccc(N(N)/C=C(\N)c2cccc(CN(C)C)c2)cc1OC. The molecule has 2 aromatic carbocycles. The maximum Gasteiger partial charge on any atom is 0.162 e. The van der Waals surface area contributed by atoms with Gasteiger partial charge in [-0.15, -0.1) is 0 Å². The number of nitrogens with zero attached hydrogens (tertiary/aromatic N) is 2. The molecule has 0 fully saturated rings. The number of anilines is 1. The van der Waals surface area contributed by atoms with Crippen molar-refractivity contribution < 1.29 is 9.47 Å². The maximum absolute atomic E-state index is 6.23. The zero-order chi connectivity index (χ0) is 18.4. The van der Waals surface area contributed by atoms with E-state index in [4.69, 9.17) is 21.1 Å². The molecule has 25 heavy (non-hydrogen) atoms. The molecule has 0 aliphatic carbocycles. The molecule has 0 aromatic heterocycles. The van der Waals surface area contributed by atoms with Gasteiger partial charge >= 0.3 is 0 Å². The van der Waals surface area contributed by atoms with Crippen LogP contribution in [0.3, 0.4) is 0 Å². The first-order chi connectivity index (χ1) is 11.9. The molecule has 134 valence electrons. The summed E-state index contributed by atoms with van der Waals surface area (Å²) in [4.78, 5) is 2.11. The fraction of sp³-hybridized carbons (Fsp3) is 0.263. The predicted octanol–water partition coefficient (Wildman–Crippen LogP) is 2.40. The summed E-state index contributed by atoms with van der Waals surface area (Å²) < 4.78 is 10.5. The summed E-state index contributed by atoms with van der Waals surface area (Å²) in [5, 5.41) is 1.47. The number of benzene rings is 2. The van der Waals surface area contributed by atoms with Gasteiger partial charge in [0.15, 0.2) is 11.5 Å². The Morgan fingerprint density at radius 1 is 1.04 bits per heavy atom. The van der Waals surface area contributed by atoms with E-state index in [0.717, 1.165) is 17.8 Å². The van der Waals surface area contributed by atoms with Crippen LogP contribution in [0, 0.1) is 0 Å². The van der Waals surface area contributed by atoms with E-state index in [2.05, 4.69) is 17.0 Å². The van der Waals surface area contributed by atoms with Gasteiger partial charge in [0, 0.05) is 18.8 Å². The normalized spacial score (nSPS) is 11.5. The highest BCUT2D eigenvalue weighted by molar-refractivity contribution is 5.67. The van der Waals surface area contributed by atoms with E-state index >= 15 is 0 Å². The number of rotatable bonds is 7. The van der Waals surface area contributed by atoms with E-state index in [0.29, 0.717) is 17.2 Å². The zero-order valence-corrected chi connectivity index (χ0v) is 15.2. The highest BCUT2D eigenvalue weighted by Gasteiger charge is 2.08. The van der Waals surface area contributed by atoms with Gasteiger partial charge in [0.05, 0.1) is 25.6 Å². The van der Waals surface area contributed by atoms with E-state index in [1.54, 1.807) is 32.6 Å². The van der Waals surface area contributed by atoms with Crippen molar-refractivity contribution in [3.63, 3.8) is 0 Å². The largest absolute Gasteiger partial charge is 0.493 e. The van der Waals surface area contributed by atoms with Crippen LogP contribution in [0.2, 0.25) is 0 Å². The van der Waals surface area contributed by atoms with Gasteiger partial charge < -0.3 is 20.1 Å². The Hall–Kier alpha value is -2.70. The summed E-state index contributed by atoms with van der Waals surface area (Å²) in [5.74, 6) is 7.39. The number of hydrazine groups is 1. The van der Waals surface area contributed by atoms with Crippen LogP contribution in [0.4, 0.5) is 5.69 Å². The third kappa shape index (κ3) is 4.89. The molecule has 0 radical (unpaired) electrons. The lowest BCUT2D eigenvalue weighted by atomic mass is 10.1. The average Bonchev–Trinajstić information content (AvgIpc) is 2.60. The zero-order valence-electron chi connectivity index (χ0n) is 15.2. The van der Waals surface area contributed by atoms with Gasteiger partial charge in [-0.25, -0.2) is 5.84 Å². The molecule has 2 aromatic rings. The lowest BCUT2D eigenvalue weighted by molar-refractivity contribution is 0.355. The minimum atomic E-state index is 0.581. The Bertz CT molecular complexity index is 744. The number of ether oxygens (including phenoxy) is 2. The van der Waals surface area contributed by atoms with Gasteiger partial charge in [-0.1, -0.05) is 18.2 Å². The first kappa shape index (κ1) is 18.6. The quantitative estimate of drug-likeness (QED) is 0.594. The van der Waals surface area contributed by atoms with E-state index < -0.39 is 0 Å². The highest BCUT2D eigenvalue weighted by atomic mass is 16.5. The molecular weight excluding hydrogens is 316 g/mol. The molecule has 0 amide bonds. The van der Waals surface area contributed by atoms with Gasteiger partial charge in [0.25, 0.3) is 0 Å². The molecule has 0 unspecified atom stereocenters. The molecule has 0 atom stereocenters. The summed E-state index contributed by atoms with van der Waals surface area (Å²) in [6, 6.07) is 13.5. The minimum Gasteiger partial charge on any atom is -0.493 e. The summed E-state index contributed by atoms with van der Waals surface area (Å²) in [7, 11) is 7.24. The first-order valence-electron chi connectivity index (χ1n) is 7.92. The van der Waals surface area contributed by atoms with Gasteiger partial charge in [0.2, 0.25) is 0 Å². The molecule has 6 nitrogen and oxygen atoms in total. The monoisotopic (exact) mass is 342 g/mol. The number of hydrogen-bond acceptors (Lipinski definition) is 6. The number of methoxy groups -OCH3 is 2. The molecule has 0 aliphatic rings. The Labute approximate surface area is 149 Å². The molecule has 4 N–H and O–H groups in total. The summed E-state index contributed by atoms with van der Waals surface area (Å²) in [6.07, 6.45) is 1.69. The average molecular weight is 342 g/mol. The third-order valence-corrected chi connectivity index (χ3v) is 3.70. The van der Waals surface area contributed by atoms with Crippen LogP contribution in [0.15, 0.2) is 48.7 Å². The van der Waals surface area contributed by atoms with Crippen molar-refractivity contribution in [1.29, 1.82) is 0 Å². The highest BCUT2D eigenvalue weighted by Crippen LogP contribution is 2.31. The minimum absolute atomic E-state index is 0.581. The fourth-order valence-corrected chi connectivity index (χ4v) is 2.50. The number of nitrogens with two attached hydrogens (primary N) is 2. The molecule has 0 saturated heterocycles. The van der Waals surface area contributed by atoms with Crippen molar-refractivity contribution in [3.05, 3.63) is 59.8 Å². The van der Waals surface area contributed by atoms with Crippen LogP contribution in [-0.4, -0.2) is 33.2 Å². The van der Waals surface area contributed by atoms with Crippen molar-refractivity contribution in [1.82, 2.24) is 4.90 Å². The van der Waals surface area contributed by atoms with Crippen molar-refractivity contribution in [2.24, 2.45) is 11.6 Å². The van der Waals surface area contributed by atoms with Crippen molar-refractivity contribution in [2.45, 2.75) is 6.54 Å². The molecular formula is C19H26N4O2. The molecule has 0 aliphatic heterocycles. The van der Waals surface area contributed by atoms with Gasteiger partial charge in [0.1, 0.15) is 0 Å². The Morgan fingerprint density at radius 2 is 1.76 bits per heavy atom. The van der Waals surface area contributed by atoms with E-state index in [1.807, 2.05) is 32.3 Å². The smallest absolute Gasteiger partial charge is 0.162 e. The second-order valence-electron chi connectivity index (χ2n) is 5.97. The molecule has 0 bridgehead atoms. The summed E-state index contributed by atoms with van der Waals surface area (Å²) in [6.45, 7) is 0.850. The Balaban J connectivity index is 2.24. The van der Waals surface area contributed by atoms with Crippen molar-refractivity contribution in [2.75, 3.05) is 33.3 Å². The van der Waals surface area contributed by atoms with Gasteiger partial charge in [-0.3, -0.25) is 5.01 Å². The molecule has 0 spiro atoms. The maximum atomic E-state index is 6.23. The van der Waals surface area contributed by atoms with E-state index in [1.165, 1.54) is 10.6 Å². The first-order valence-corrected chi connectivity index (χ1v) is 7.92. The Morgan fingerprint density at radius 3 is 2.40 bits per heavy atom. The second kappa shape index (κ2) is 8.41. The molecule has 0 saturated carbocycles. The van der Waals surface area contributed by atoms with Crippen LogP contribution in [0.5, 0.6) is 11.5 Å². The van der Waals surface area contributed by atoms with E-state index in [9.17, 15) is 0 Å². The van der Waals surface area contributed by atoms with Crippen LogP contribution < -0.4 is 26.1 Å². The fourth-order valence-electron chi connectivity index (χ4n) is 2.50. The number of hydrogen-bond donors (Lipinski definition) is 2. The van der Waals surface area contributed by atoms with Crippen molar-refractivity contribution >= 4 is 11.4 Å².